The van der Waals surface area contributed by atoms with Crippen molar-refractivity contribution in [2.45, 2.75) is 37.0 Å². The van der Waals surface area contributed by atoms with Crippen molar-refractivity contribution in [1.29, 1.82) is 0 Å². The van der Waals surface area contributed by atoms with Crippen molar-refractivity contribution < 1.29 is 23.4 Å². The van der Waals surface area contributed by atoms with Gasteiger partial charge in [0.15, 0.2) is 5.60 Å². The second kappa shape index (κ2) is 7.80. The van der Waals surface area contributed by atoms with Crippen LogP contribution < -0.4 is 15.4 Å². The van der Waals surface area contributed by atoms with Gasteiger partial charge in [-0.05, 0) is 35.7 Å². The summed E-state index contributed by atoms with van der Waals surface area (Å²) >= 11 is 6.00. The van der Waals surface area contributed by atoms with E-state index in [2.05, 4.69) is 10.6 Å². The van der Waals surface area contributed by atoms with Crippen LogP contribution in [0.4, 0.5) is 19.3 Å². The van der Waals surface area contributed by atoms with Crippen LogP contribution >= 0.6 is 11.6 Å². The standard InChI is InChI=1S/C21H21ClF2N2O3/c22-13-4-5-15-18(9-21(10-23,11-24)29-19(15)7-13)26-20(28)25-17-3-1-2-12-6-14(27)8-16(12)17/h1-5,7,14,18,27H,6,8-11H2,(H2,25,26,28)/t14-,18-/m0/s1. The van der Waals surface area contributed by atoms with Crippen LogP contribution in [0.2, 0.25) is 5.02 Å². The van der Waals surface area contributed by atoms with Gasteiger partial charge in [0.2, 0.25) is 0 Å². The molecule has 1 heterocycles. The lowest BCUT2D eigenvalue weighted by Crippen LogP contribution is -2.49. The largest absolute Gasteiger partial charge is 0.481 e. The molecule has 2 amide bonds. The highest BCUT2D eigenvalue weighted by molar-refractivity contribution is 6.30. The molecule has 0 bridgehead atoms. The average Bonchev–Trinajstić information content (AvgIpc) is 3.08. The first-order chi connectivity index (χ1) is 13.9. The number of carbonyl (C=O) groups excluding carboxylic acids is 1. The van der Waals surface area contributed by atoms with Crippen LogP contribution in [0.15, 0.2) is 36.4 Å². The number of hydrogen-bond acceptors (Lipinski definition) is 3. The third-order valence-corrected chi connectivity index (χ3v) is 5.70. The summed E-state index contributed by atoms with van der Waals surface area (Å²) in [6.45, 7) is -2.06. The van der Waals surface area contributed by atoms with E-state index in [1.165, 1.54) is 6.07 Å². The summed E-state index contributed by atoms with van der Waals surface area (Å²) in [5.41, 5.74) is 1.46. The number of alkyl halides is 2. The molecule has 8 heteroatoms. The second-order valence-electron chi connectivity index (χ2n) is 7.59. The van der Waals surface area contributed by atoms with Crippen molar-refractivity contribution in [3.05, 3.63) is 58.1 Å². The van der Waals surface area contributed by atoms with Crippen LogP contribution in [0, 0.1) is 0 Å². The molecule has 2 aromatic rings. The number of benzene rings is 2. The molecule has 2 aromatic carbocycles. The predicted molar refractivity (Wildman–Crippen MR) is 106 cm³/mol. The fourth-order valence-electron chi connectivity index (χ4n) is 4.03. The van der Waals surface area contributed by atoms with E-state index >= 15 is 0 Å². The summed E-state index contributed by atoms with van der Waals surface area (Å²) in [6.07, 6.45) is 0.513. The van der Waals surface area contributed by atoms with Crippen LogP contribution in [0.5, 0.6) is 5.75 Å². The van der Waals surface area contributed by atoms with Crippen molar-refractivity contribution in [3.8, 4) is 5.75 Å². The first-order valence-electron chi connectivity index (χ1n) is 9.40. The molecule has 0 saturated carbocycles. The van der Waals surface area contributed by atoms with E-state index in [4.69, 9.17) is 16.3 Å². The molecule has 1 aliphatic carbocycles. The molecule has 29 heavy (non-hydrogen) atoms. The van der Waals surface area contributed by atoms with Gasteiger partial charge in [-0.15, -0.1) is 0 Å². The molecular formula is C21H21ClF2N2O3. The quantitative estimate of drug-likeness (QED) is 0.694. The molecule has 0 saturated heterocycles. The Labute approximate surface area is 172 Å². The normalized spacial score (nSPS) is 21.7. The minimum Gasteiger partial charge on any atom is -0.481 e. The van der Waals surface area contributed by atoms with Crippen LogP contribution in [-0.2, 0) is 12.8 Å². The maximum Gasteiger partial charge on any atom is 0.319 e. The molecule has 2 aliphatic rings. The Morgan fingerprint density at radius 1 is 1.24 bits per heavy atom. The average molecular weight is 423 g/mol. The summed E-state index contributed by atoms with van der Waals surface area (Å²) < 4.78 is 32.8. The van der Waals surface area contributed by atoms with Gasteiger partial charge in [-0.2, -0.15) is 0 Å². The number of ether oxygens (including phenoxy) is 1. The van der Waals surface area contributed by atoms with E-state index in [1.54, 1.807) is 18.2 Å². The van der Waals surface area contributed by atoms with Gasteiger partial charge >= 0.3 is 6.03 Å². The van der Waals surface area contributed by atoms with Crippen LogP contribution in [0.1, 0.15) is 29.2 Å². The molecule has 0 radical (unpaired) electrons. The van der Waals surface area contributed by atoms with Crippen LogP contribution in [0.25, 0.3) is 0 Å². The first-order valence-corrected chi connectivity index (χ1v) is 9.77. The fourth-order valence-corrected chi connectivity index (χ4v) is 4.19. The smallest absolute Gasteiger partial charge is 0.319 e. The van der Waals surface area contributed by atoms with Gasteiger partial charge in [0.05, 0.1) is 12.1 Å². The summed E-state index contributed by atoms with van der Waals surface area (Å²) in [5.74, 6) is 0.257. The Balaban J connectivity index is 1.56. The van der Waals surface area contributed by atoms with Crippen molar-refractivity contribution in [1.82, 2.24) is 5.32 Å². The monoisotopic (exact) mass is 422 g/mol. The van der Waals surface area contributed by atoms with E-state index in [0.717, 1.165) is 11.1 Å². The Bertz CT molecular complexity index is 936. The molecule has 0 aromatic heterocycles. The Hall–Kier alpha value is -2.38. The molecule has 5 nitrogen and oxygen atoms in total. The minimum atomic E-state index is -1.66. The number of anilines is 1. The number of aliphatic hydroxyl groups is 1. The number of nitrogens with one attached hydrogen (secondary N) is 2. The lowest BCUT2D eigenvalue weighted by Gasteiger charge is -2.39. The zero-order valence-corrected chi connectivity index (χ0v) is 16.3. The summed E-state index contributed by atoms with van der Waals surface area (Å²) in [7, 11) is 0. The number of fused-ring (bicyclic) bond motifs is 2. The molecule has 1 aliphatic heterocycles. The lowest BCUT2D eigenvalue weighted by molar-refractivity contribution is -0.0104. The Morgan fingerprint density at radius 3 is 2.79 bits per heavy atom. The molecule has 2 atom stereocenters. The summed E-state index contributed by atoms with van der Waals surface area (Å²) in [6, 6.07) is 9.16. The maximum atomic E-state index is 13.6. The number of carbonyl (C=O) groups is 1. The zero-order chi connectivity index (χ0) is 20.6. The number of hydrogen-bond donors (Lipinski definition) is 3. The molecule has 0 unspecified atom stereocenters. The number of aliphatic hydroxyl groups excluding tert-OH is 1. The van der Waals surface area contributed by atoms with E-state index in [9.17, 15) is 18.7 Å². The summed E-state index contributed by atoms with van der Waals surface area (Å²) in [4.78, 5) is 12.7. The SMILES string of the molecule is O=C(Nc1cccc2c1C[C@@H](O)C2)N[C@H]1CC(CF)(CF)Oc2cc(Cl)ccc21. The van der Waals surface area contributed by atoms with Crippen molar-refractivity contribution in [3.63, 3.8) is 0 Å². The van der Waals surface area contributed by atoms with E-state index in [1.807, 2.05) is 12.1 Å². The van der Waals surface area contributed by atoms with E-state index < -0.39 is 37.1 Å². The van der Waals surface area contributed by atoms with Gasteiger partial charge in [-0.1, -0.05) is 29.8 Å². The van der Waals surface area contributed by atoms with Gasteiger partial charge in [0.1, 0.15) is 19.1 Å². The molecule has 154 valence electrons. The fraction of sp³-hybridized carbons (Fsp3) is 0.381. The third-order valence-electron chi connectivity index (χ3n) is 5.46. The number of rotatable bonds is 4. The van der Waals surface area contributed by atoms with Gasteiger partial charge < -0.3 is 20.5 Å². The molecule has 0 fully saturated rings. The van der Waals surface area contributed by atoms with Gasteiger partial charge in [0, 0.05) is 29.1 Å². The van der Waals surface area contributed by atoms with E-state index in [0.29, 0.717) is 29.1 Å². The minimum absolute atomic E-state index is 0.0480. The van der Waals surface area contributed by atoms with Gasteiger partial charge in [-0.25, -0.2) is 13.6 Å². The maximum absolute atomic E-state index is 13.6. The topological polar surface area (TPSA) is 70.6 Å². The van der Waals surface area contributed by atoms with Crippen molar-refractivity contribution in [2.24, 2.45) is 0 Å². The van der Waals surface area contributed by atoms with Gasteiger partial charge in [0.25, 0.3) is 0 Å². The molecule has 4 rings (SSSR count). The van der Waals surface area contributed by atoms with Gasteiger partial charge in [-0.3, -0.25) is 0 Å². The van der Waals surface area contributed by atoms with Crippen molar-refractivity contribution >= 4 is 23.3 Å². The van der Waals surface area contributed by atoms with E-state index in [-0.39, 0.29) is 12.2 Å². The Morgan fingerprint density at radius 2 is 2.03 bits per heavy atom. The number of urea groups is 1. The molecule has 0 spiro atoms. The number of amides is 2. The highest BCUT2D eigenvalue weighted by Gasteiger charge is 2.42. The molecule has 3 N–H and O–H groups in total. The first kappa shape index (κ1) is 19.9. The third kappa shape index (κ3) is 3.89. The highest BCUT2D eigenvalue weighted by atomic mass is 35.5. The highest BCUT2D eigenvalue weighted by Crippen LogP contribution is 2.41. The molecular weight excluding hydrogens is 402 g/mol. The van der Waals surface area contributed by atoms with Crippen LogP contribution in [-0.4, -0.2) is 36.2 Å². The summed E-state index contributed by atoms with van der Waals surface area (Å²) in [5, 5.41) is 15.9. The second-order valence-corrected chi connectivity index (χ2v) is 8.03. The van der Waals surface area contributed by atoms with Crippen LogP contribution in [0.3, 0.4) is 0 Å². The van der Waals surface area contributed by atoms with Crippen molar-refractivity contribution in [2.75, 3.05) is 18.7 Å². The zero-order valence-electron chi connectivity index (χ0n) is 15.6. The predicted octanol–water partition coefficient (Wildman–Crippen LogP) is 4.12. The lowest BCUT2D eigenvalue weighted by atomic mass is 9.88. The Kier molecular flexibility index (Phi) is 5.36. The number of halogens is 3.